The van der Waals surface area contributed by atoms with Crippen LogP contribution in [0.15, 0.2) is 24.3 Å². The van der Waals surface area contributed by atoms with E-state index in [1.165, 1.54) is 0 Å². The normalized spacial score (nSPS) is 12.9. The second-order valence-electron chi connectivity index (χ2n) is 5.71. The molecule has 1 aromatic rings. The lowest BCUT2D eigenvalue weighted by Crippen LogP contribution is -2.41. The highest BCUT2D eigenvalue weighted by Gasteiger charge is 2.19. The van der Waals surface area contributed by atoms with Gasteiger partial charge in [0.1, 0.15) is 5.75 Å². The maximum absolute atomic E-state index is 12.0. The van der Waals surface area contributed by atoms with Crippen LogP contribution in [0.4, 0.5) is 0 Å². The number of rotatable bonds is 5. The van der Waals surface area contributed by atoms with Crippen molar-refractivity contribution < 1.29 is 9.53 Å². The Kier molecular flexibility index (Phi) is 5.36. The summed E-state index contributed by atoms with van der Waals surface area (Å²) in [7, 11) is 1.63. The minimum Gasteiger partial charge on any atom is -0.497 e. The van der Waals surface area contributed by atoms with Gasteiger partial charge in [-0.3, -0.25) is 4.79 Å². The zero-order valence-corrected chi connectivity index (χ0v) is 12.2. The standard InChI is InChI=1S/C15H24N2O2/c1-15(2,3)17-14(18)9-12(10-16)11-6-5-7-13(8-11)19-4/h5-8,12H,9-10,16H2,1-4H3,(H,17,18). The summed E-state index contributed by atoms with van der Waals surface area (Å²) in [5, 5.41) is 2.96. The van der Waals surface area contributed by atoms with Crippen molar-refractivity contribution in [2.45, 2.75) is 38.6 Å². The van der Waals surface area contributed by atoms with Gasteiger partial charge in [-0.2, -0.15) is 0 Å². The summed E-state index contributed by atoms with van der Waals surface area (Å²) in [6.07, 6.45) is 0.390. The van der Waals surface area contributed by atoms with Crippen molar-refractivity contribution in [3.8, 4) is 5.75 Å². The van der Waals surface area contributed by atoms with Gasteiger partial charge in [-0.1, -0.05) is 12.1 Å². The molecule has 0 aliphatic carbocycles. The van der Waals surface area contributed by atoms with Gasteiger partial charge in [-0.05, 0) is 45.0 Å². The first kappa shape index (κ1) is 15.5. The monoisotopic (exact) mass is 264 g/mol. The van der Waals surface area contributed by atoms with Crippen LogP contribution < -0.4 is 15.8 Å². The first-order valence-corrected chi connectivity index (χ1v) is 6.50. The summed E-state index contributed by atoms with van der Waals surface area (Å²) in [6, 6.07) is 7.71. The molecule has 1 rings (SSSR count). The maximum Gasteiger partial charge on any atom is 0.221 e. The van der Waals surface area contributed by atoms with Crippen molar-refractivity contribution in [3.63, 3.8) is 0 Å². The van der Waals surface area contributed by atoms with Crippen molar-refractivity contribution >= 4 is 5.91 Å². The van der Waals surface area contributed by atoms with Crippen molar-refractivity contribution in [3.05, 3.63) is 29.8 Å². The average molecular weight is 264 g/mol. The number of hydrogen-bond donors (Lipinski definition) is 2. The fraction of sp³-hybridized carbons (Fsp3) is 0.533. The Morgan fingerprint density at radius 1 is 1.42 bits per heavy atom. The van der Waals surface area contributed by atoms with Gasteiger partial charge in [0.15, 0.2) is 0 Å². The molecule has 0 fully saturated rings. The van der Waals surface area contributed by atoms with Crippen LogP contribution in [0.2, 0.25) is 0 Å². The molecular formula is C15H24N2O2. The Hall–Kier alpha value is -1.55. The molecule has 4 nitrogen and oxygen atoms in total. The number of amides is 1. The molecule has 19 heavy (non-hydrogen) atoms. The van der Waals surface area contributed by atoms with Crippen LogP contribution in [0.25, 0.3) is 0 Å². The van der Waals surface area contributed by atoms with E-state index in [1.807, 2.05) is 45.0 Å². The molecule has 1 unspecified atom stereocenters. The Morgan fingerprint density at radius 2 is 2.11 bits per heavy atom. The fourth-order valence-corrected chi connectivity index (χ4v) is 1.93. The van der Waals surface area contributed by atoms with Crippen LogP contribution in [0.5, 0.6) is 5.75 Å². The Labute approximate surface area is 115 Å². The second kappa shape index (κ2) is 6.57. The van der Waals surface area contributed by atoms with Crippen LogP contribution in [0.1, 0.15) is 38.7 Å². The van der Waals surface area contributed by atoms with Gasteiger partial charge in [0.05, 0.1) is 7.11 Å². The fourth-order valence-electron chi connectivity index (χ4n) is 1.93. The molecule has 0 bridgehead atoms. The van der Waals surface area contributed by atoms with Crippen molar-refractivity contribution in [2.75, 3.05) is 13.7 Å². The average Bonchev–Trinajstić information content (AvgIpc) is 2.34. The highest BCUT2D eigenvalue weighted by Crippen LogP contribution is 2.23. The molecule has 0 radical (unpaired) electrons. The highest BCUT2D eigenvalue weighted by atomic mass is 16.5. The molecule has 0 spiro atoms. The Balaban J connectivity index is 2.75. The third kappa shape index (κ3) is 5.30. The molecule has 4 heteroatoms. The van der Waals surface area contributed by atoms with E-state index in [4.69, 9.17) is 10.5 Å². The van der Waals surface area contributed by atoms with E-state index in [9.17, 15) is 4.79 Å². The third-order valence-electron chi connectivity index (χ3n) is 2.80. The quantitative estimate of drug-likeness (QED) is 0.855. The van der Waals surface area contributed by atoms with Gasteiger partial charge in [-0.25, -0.2) is 0 Å². The lowest BCUT2D eigenvalue weighted by Gasteiger charge is -2.23. The zero-order chi connectivity index (χ0) is 14.5. The molecule has 106 valence electrons. The number of carbonyl (C=O) groups excluding carboxylic acids is 1. The van der Waals surface area contributed by atoms with E-state index >= 15 is 0 Å². The van der Waals surface area contributed by atoms with Gasteiger partial charge >= 0.3 is 0 Å². The van der Waals surface area contributed by atoms with Gasteiger partial charge in [0, 0.05) is 17.9 Å². The van der Waals surface area contributed by atoms with Crippen molar-refractivity contribution in [2.24, 2.45) is 5.73 Å². The molecule has 1 aromatic carbocycles. The first-order valence-electron chi connectivity index (χ1n) is 6.50. The van der Waals surface area contributed by atoms with Gasteiger partial charge in [0.2, 0.25) is 5.91 Å². The molecule has 0 aliphatic rings. The lowest BCUT2D eigenvalue weighted by atomic mass is 9.94. The molecule has 0 aromatic heterocycles. The summed E-state index contributed by atoms with van der Waals surface area (Å²) in [4.78, 5) is 12.0. The van der Waals surface area contributed by atoms with Gasteiger partial charge in [0.25, 0.3) is 0 Å². The summed E-state index contributed by atoms with van der Waals surface area (Å²) in [5.41, 5.74) is 6.60. The van der Waals surface area contributed by atoms with Gasteiger partial charge < -0.3 is 15.8 Å². The van der Waals surface area contributed by atoms with Crippen molar-refractivity contribution in [1.82, 2.24) is 5.32 Å². The highest BCUT2D eigenvalue weighted by molar-refractivity contribution is 5.77. The minimum absolute atomic E-state index is 0.0115. The summed E-state index contributed by atoms with van der Waals surface area (Å²) >= 11 is 0. The molecular weight excluding hydrogens is 240 g/mol. The van der Waals surface area contributed by atoms with Crippen LogP contribution in [-0.2, 0) is 4.79 Å². The number of ether oxygens (including phenoxy) is 1. The zero-order valence-electron chi connectivity index (χ0n) is 12.2. The predicted octanol–water partition coefficient (Wildman–Crippen LogP) is 2.04. The Morgan fingerprint density at radius 3 is 2.63 bits per heavy atom. The van der Waals surface area contributed by atoms with E-state index in [0.717, 1.165) is 11.3 Å². The summed E-state index contributed by atoms with van der Waals surface area (Å²) in [5.74, 6) is 0.815. The summed E-state index contributed by atoms with van der Waals surface area (Å²) in [6.45, 7) is 6.33. The number of methoxy groups -OCH3 is 1. The summed E-state index contributed by atoms with van der Waals surface area (Å²) < 4.78 is 5.19. The number of hydrogen-bond acceptors (Lipinski definition) is 3. The van der Waals surface area contributed by atoms with E-state index in [2.05, 4.69) is 5.32 Å². The van der Waals surface area contributed by atoms with E-state index in [1.54, 1.807) is 7.11 Å². The number of nitrogens with one attached hydrogen (secondary N) is 1. The van der Waals surface area contributed by atoms with E-state index in [-0.39, 0.29) is 17.4 Å². The van der Waals surface area contributed by atoms with Crippen molar-refractivity contribution in [1.29, 1.82) is 0 Å². The minimum atomic E-state index is -0.218. The topological polar surface area (TPSA) is 64.3 Å². The van der Waals surface area contributed by atoms with E-state index < -0.39 is 0 Å². The van der Waals surface area contributed by atoms with Crippen LogP contribution in [0.3, 0.4) is 0 Å². The predicted molar refractivity (Wildman–Crippen MR) is 77.3 cm³/mol. The van der Waals surface area contributed by atoms with E-state index in [0.29, 0.717) is 13.0 Å². The van der Waals surface area contributed by atoms with Gasteiger partial charge in [-0.15, -0.1) is 0 Å². The molecule has 0 aliphatic heterocycles. The molecule has 3 N–H and O–H groups in total. The number of nitrogens with two attached hydrogens (primary N) is 1. The largest absolute Gasteiger partial charge is 0.497 e. The molecule has 0 saturated carbocycles. The Bertz CT molecular complexity index is 424. The molecule has 0 heterocycles. The SMILES string of the molecule is COc1cccc(C(CN)CC(=O)NC(C)(C)C)c1. The number of carbonyl (C=O) groups is 1. The third-order valence-corrected chi connectivity index (χ3v) is 2.80. The second-order valence-corrected chi connectivity index (χ2v) is 5.71. The molecule has 1 atom stereocenters. The smallest absolute Gasteiger partial charge is 0.221 e. The van der Waals surface area contributed by atoms with Crippen LogP contribution in [-0.4, -0.2) is 25.1 Å². The lowest BCUT2D eigenvalue weighted by molar-refractivity contribution is -0.122. The number of benzene rings is 1. The van der Waals surface area contributed by atoms with Crippen LogP contribution in [0, 0.1) is 0 Å². The van der Waals surface area contributed by atoms with Crippen LogP contribution >= 0.6 is 0 Å². The maximum atomic E-state index is 12.0. The molecule has 0 saturated heterocycles. The molecule has 1 amide bonds. The first-order chi connectivity index (χ1) is 8.85.